The zero-order valence-electron chi connectivity index (χ0n) is 10.1. The van der Waals surface area contributed by atoms with E-state index in [2.05, 4.69) is 9.97 Å². The molecule has 0 aliphatic heterocycles. The first-order valence-electron chi connectivity index (χ1n) is 5.82. The van der Waals surface area contributed by atoms with E-state index in [-0.39, 0.29) is 0 Å². The van der Waals surface area contributed by atoms with Crippen molar-refractivity contribution in [1.82, 2.24) is 14.4 Å². The summed E-state index contributed by atoms with van der Waals surface area (Å²) in [6.45, 7) is 0.339. The molecule has 0 spiro atoms. The highest BCUT2D eigenvalue weighted by Gasteiger charge is 2.03. The van der Waals surface area contributed by atoms with Crippen LogP contribution in [0.2, 0.25) is 0 Å². The number of imidazole rings is 1. The van der Waals surface area contributed by atoms with E-state index in [0.29, 0.717) is 23.7 Å². The van der Waals surface area contributed by atoms with Crippen LogP contribution in [0.5, 0.6) is 5.75 Å². The van der Waals surface area contributed by atoms with Crippen LogP contribution in [-0.4, -0.2) is 20.7 Å². The Hall–Kier alpha value is -2.69. The molecule has 0 radical (unpaired) electrons. The van der Waals surface area contributed by atoms with Crippen molar-refractivity contribution in [2.24, 2.45) is 0 Å². The first kappa shape index (κ1) is 11.4. The molecule has 2 heterocycles. The molecular formula is C14H11N3O2. The molecule has 5 nitrogen and oxygen atoms in total. The fourth-order valence-electron chi connectivity index (χ4n) is 1.78. The lowest BCUT2D eigenvalue weighted by Crippen LogP contribution is -1.96. The lowest BCUT2D eigenvalue weighted by atomic mass is 10.2. The van der Waals surface area contributed by atoms with Gasteiger partial charge < -0.3 is 4.74 Å². The fourth-order valence-corrected chi connectivity index (χ4v) is 1.78. The Morgan fingerprint density at radius 1 is 1.32 bits per heavy atom. The molecule has 0 bridgehead atoms. The summed E-state index contributed by atoms with van der Waals surface area (Å²) in [5.74, 6) is 1.29. The number of fused-ring (bicyclic) bond motifs is 1. The van der Waals surface area contributed by atoms with E-state index in [4.69, 9.17) is 4.74 Å². The summed E-state index contributed by atoms with van der Waals surface area (Å²) in [4.78, 5) is 19.1. The minimum absolute atomic E-state index is 0.339. The molecule has 1 aromatic carbocycles. The summed E-state index contributed by atoms with van der Waals surface area (Å²) >= 11 is 0. The zero-order chi connectivity index (χ0) is 13.1. The smallest absolute Gasteiger partial charge is 0.234 e. The monoisotopic (exact) mass is 253 g/mol. The summed E-state index contributed by atoms with van der Waals surface area (Å²) in [7, 11) is 0. The molecule has 0 unspecified atom stereocenters. The van der Waals surface area contributed by atoms with Gasteiger partial charge in [0.2, 0.25) is 5.78 Å². The quantitative estimate of drug-likeness (QED) is 0.668. The van der Waals surface area contributed by atoms with E-state index in [1.54, 1.807) is 30.5 Å². The Balaban J connectivity index is 1.76. The average molecular weight is 253 g/mol. The number of aldehydes is 1. The van der Waals surface area contributed by atoms with E-state index < -0.39 is 0 Å². The van der Waals surface area contributed by atoms with Gasteiger partial charge in [-0.15, -0.1) is 0 Å². The number of aromatic nitrogens is 3. The van der Waals surface area contributed by atoms with Gasteiger partial charge in [-0.3, -0.25) is 9.20 Å². The van der Waals surface area contributed by atoms with E-state index in [1.165, 1.54) is 0 Å². The Morgan fingerprint density at radius 3 is 3.11 bits per heavy atom. The maximum Gasteiger partial charge on any atom is 0.234 e. The highest BCUT2D eigenvalue weighted by atomic mass is 16.5. The molecule has 94 valence electrons. The van der Waals surface area contributed by atoms with Gasteiger partial charge in [0.25, 0.3) is 0 Å². The summed E-state index contributed by atoms with van der Waals surface area (Å²) in [6.07, 6.45) is 6.24. The van der Waals surface area contributed by atoms with Crippen molar-refractivity contribution in [3.8, 4) is 5.75 Å². The number of hydrogen-bond acceptors (Lipinski definition) is 4. The van der Waals surface area contributed by atoms with Crippen LogP contribution in [0.3, 0.4) is 0 Å². The molecule has 0 amide bonds. The first-order chi connectivity index (χ1) is 9.35. The van der Waals surface area contributed by atoms with E-state index in [9.17, 15) is 4.79 Å². The molecule has 0 N–H and O–H groups in total. The standard InChI is InChI=1S/C14H11N3O2/c18-9-11-3-1-4-13(7-11)19-10-12-8-17-6-2-5-15-14(17)16-12/h1-9H,10H2. The van der Waals surface area contributed by atoms with Crippen LogP contribution in [0.25, 0.3) is 5.78 Å². The predicted octanol–water partition coefficient (Wildman–Crippen LogP) is 2.12. The maximum atomic E-state index is 10.7. The highest BCUT2D eigenvalue weighted by molar-refractivity contribution is 5.75. The van der Waals surface area contributed by atoms with Gasteiger partial charge in [-0.25, -0.2) is 9.97 Å². The molecule has 5 heteroatoms. The molecule has 3 aromatic rings. The third-order valence-electron chi connectivity index (χ3n) is 2.67. The normalized spacial score (nSPS) is 10.5. The van der Waals surface area contributed by atoms with Crippen molar-refractivity contribution in [3.05, 3.63) is 60.2 Å². The Kier molecular flexibility index (Phi) is 2.94. The van der Waals surface area contributed by atoms with Crippen molar-refractivity contribution in [3.63, 3.8) is 0 Å². The van der Waals surface area contributed by atoms with Crippen LogP contribution < -0.4 is 4.74 Å². The van der Waals surface area contributed by atoms with Crippen molar-refractivity contribution >= 4 is 12.1 Å². The third kappa shape index (κ3) is 2.44. The number of rotatable bonds is 4. The Labute approximate surface area is 109 Å². The fraction of sp³-hybridized carbons (Fsp3) is 0.0714. The van der Waals surface area contributed by atoms with Crippen molar-refractivity contribution < 1.29 is 9.53 Å². The second-order valence-corrected chi connectivity index (χ2v) is 4.04. The molecule has 0 fully saturated rings. The van der Waals surface area contributed by atoms with Crippen molar-refractivity contribution in [2.45, 2.75) is 6.61 Å². The molecule has 2 aromatic heterocycles. The summed E-state index contributed by atoms with van der Waals surface area (Å²) in [5.41, 5.74) is 1.38. The topological polar surface area (TPSA) is 56.5 Å². The van der Waals surface area contributed by atoms with Gasteiger partial charge in [0.1, 0.15) is 18.6 Å². The van der Waals surface area contributed by atoms with Crippen LogP contribution in [0, 0.1) is 0 Å². The summed E-state index contributed by atoms with van der Waals surface area (Å²) in [6, 6.07) is 8.86. The molecule has 3 rings (SSSR count). The van der Waals surface area contributed by atoms with Gasteiger partial charge in [-0.2, -0.15) is 0 Å². The number of carbonyl (C=O) groups is 1. The van der Waals surface area contributed by atoms with E-state index >= 15 is 0 Å². The predicted molar refractivity (Wildman–Crippen MR) is 69.1 cm³/mol. The number of carbonyl (C=O) groups excluding carboxylic acids is 1. The molecule has 0 aliphatic rings. The molecule has 0 saturated heterocycles. The maximum absolute atomic E-state index is 10.7. The van der Waals surface area contributed by atoms with Crippen LogP contribution in [0.15, 0.2) is 48.9 Å². The van der Waals surface area contributed by atoms with E-state index in [1.807, 2.05) is 22.9 Å². The highest BCUT2D eigenvalue weighted by Crippen LogP contribution is 2.14. The molecule has 0 atom stereocenters. The third-order valence-corrected chi connectivity index (χ3v) is 2.67. The van der Waals surface area contributed by atoms with Crippen LogP contribution in [-0.2, 0) is 6.61 Å². The largest absolute Gasteiger partial charge is 0.487 e. The Morgan fingerprint density at radius 2 is 2.26 bits per heavy atom. The lowest BCUT2D eigenvalue weighted by Gasteiger charge is -2.03. The second-order valence-electron chi connectivity index (χ2n) is 4.04. The lowest BCUT2D eigenvalue weighted by molar-refractivity contribution is 0.112. The Bertz CT molecular complexity index is 688. The van der Waals surface area contributed by atoms with Crippen molar-refractivity contribution in [1.29, 1.82) is 0 Å². The van der Waals surface area contributed by atoms with Gasteiger partial charge >= 0.3 is 0 Å². The number of benzene rings is 1. The average Bonchev–Trinajstić information content (AvgIpc) is 2.88. The number of hydrogen-bond donors (Lipinski definition) is 0. The molecule has 19 heavy (non-hydrogen) atoms. The minimum atomic E-state index is 0.339. The minimum Gasteiger partial charge on any atom is -0.487 e. The van der Waals surface area contributed by atoms with Gasteiger partial charge in [0.05, 0.1) is 5.69 Å². The van der Waals surface area contributed by atoms with Crippen LogP contribution >= 0.6 is 0 Å². The van der Waals surface area contributed by atoms with Gasteiger partial charge in [0.15, 0.2) is 0 Å². The number of ether oxygens (including phenoxy) is 1. The van der Waals surface area contributed by atoms with Crippen LogP contribution in [0.1, 0.15) is 16.1 Å². The SMILES string of the molecule is O=Cc1cccc(OCc2cn3cccnc3n2)c1. The van der Waals surface area contributed by atoms with E-state index in [0.717, 1.165) is 12.0 Å². The van der Waals surface area contributed by atoms with Gasteiger partial charge in [-0.1, -0.05) is 12.1 Å². The van der Waals surface area contributed by atoms with Gasteiger partial charge in [-0.05, 0) is 18.2 Å². The summed E-state index contributed by atoms with van der Waals surface area (Å²) < 4.78 is 7.44. The van der Waals surface area contributed by atoms with Crippen molar-refractivity contribution in [2.75, 3.05) is 0 Å². The molecule has 0 saturated carbocycles. The second kappa shape index (κ2) is 4.89. The van der Waals surface area contributed by atoms with Gasteiger partial charge in [0, 0.05) is 24.2 Å². The number of nitrogens with zero attached hydrogens (tertiary/aromatic N) is 3. The molecule has 0 aliphatic carbocycles. The summed E-state index contributed by atoms with van der Waals surface area (Å²) in [5, 5.41) is 0. The van der Waals surface area contributed by atoms with Crippen LogP contribution in [0.4, 0.5) is 0 Å². The first-order valence-corrected chi connectivity index (χ1v) is 5.82. The zero-order valence-corrected chi connectivity index (χ0v) is 10.1. The molecular weight excluding hydrogens is 242 g/mol.